The Kier molecular flexibility index (Phi) is 10.5. The number of rotatable bonds is 12. The fourth-order valence-corrected chi connectivity index (χ4v) is 6.00. The molecular weight excluding hydrogens is 537 g/mol. The Balaban J connectivity index is 0.00000361. The number of alkyl halides is 2. The maximum absolute atomic E-state index is 12.9. The highest BCUT2D eigenvalue weighted by Crippen LogP contribution is 2.30. The van der Waals surface area contributed by atoms with Crippen molar-refractivity contribution < 1.29 is 8.42 Å². The molecule has 9 heteroatoms. The van der Waals surface area contributed by atoms with Crippen LogP contribution < -0.4 is 10.2 Å². The molecule has 0 saturated carbocycles. The lowest BCUT2D eigenvalue weighted by molar-refractivity contribution is 0.592. The molecule has 0 radical (unpaired) electrons. The van der Waals surface area contributed by atoms with Crippen molar-refractivity contribution in [1.29, 1.82) is 0 Å². The molecule has 192 valence electrons. The predicted octanol–water partition coefficient (Wildman–Crippen LogP) is 6.76. The number of para-hydroxylation sites is 2. The monoisotopic (exact) mass is 565 g/mol. The number of anilines is 2. The molecule has 1 N–H and O–H groups in total. The average Bonchev–Trinajstić information content (AvgIpc) is 2.88. The predicted molar refractivity (Wildman–Crippen MR) is 156 cm³/mol. The van der Waals surface area contributed by atoms with Gasteiger partial charge in [-0.3, -0.25) is 0 Å². The standard InChI is InChI=1S/C27H29Cl2N3O2S.ClH/c28-15-18-32(19-16-29)21-11-13-22(14-12-21)35(33,34)20-6-5-17-30-27-23-7-1-3-9-25(23)31-26-10-4-2-8-24(26)27;/h1-4,7-14H,5-6,15-20H2,(H,30,31);1H. The Bertz CT molecular complexity index is 1320. The third-order valence-corrected chi connectivity index (χ3v) is 8.15. The van der Waals surface area contributed by atoms with Crippen LogP contribution >= 0.6 is 35.6 Å². The molecule has 0 spiro atoms. The second kappa shape index (κ2) is 13.3. The van der Waals surface area contributed by atoms with Gasteiger partial charge >= 0.3 is 0 Å². The number of unbranched alkanes of at least 4 members (excludes halogenated alkanes) is 1. The molecular formula is C27H30Cl3N3O2S. The number of nitrogens with one attached hydrogen (secondary N) is 1. The van der Waals surface area contributed by atoms with Crippen molar-refractivity contribution in [1.82, 2.24) is 4.98 Å². The smallest absolute Gasteiger partial charge is 0.178 e. The minimum Gasteiger partial charge on any atom is -0.384 e. The topological polar surface area (TPSA) is 62.3 Å². The summed E-state index contributed by atoms with van der Waals surface area (Å²) in [5.74, 6) is 1.07. The third-order valence-electron chi connectivity index (χ3n) is 6.00. The first kappa shape index (κ1) is 28.3. The molecule has 5 nitrogen and oxygen atoms in total. The van der Waals surface area contributed by atoms with Gasteiger partial charge in [0.15, 0.2) is 9.84 Å². The van der Waals surface area contributed by atoms with E-state index in [1.807, 2.05) is 48.5 Å². The molecule has 3 aromatic carbocycles. The van der Waals surface area contributed by atoms with Crippen LogP contribution in [0, 0.1) is 0 Å². The van der Waals surface area contributed by atoms with Crippen molar-refractivity contribution in [3.8, 4) is 0 Å². The van der Waals surface area contributed by atoms with Gasteiger partial charge in [-0.25, -0.2) is 13.4 Å². The number of fused-ring (bicyclic) bond motifs is 2. The van der Waals surface area contributed by atoms with Crippen LogP contribution in [0.15, 0.2) is 77.7 Å². The Hall–Kier alpha value is -2.25. The summed E-state index contributed by atoms with van der Waals surface area (Å²) in [7, 11) is -3.35. The van der Waals surface area contributed by atoms with Crippen molar-refractivity contribution in [3.63, 3.8) is 0 Å². The highest BCUT2D eigenvalue weighted by molar-refractivity contribution is 7.91. The summed E-state index contributed by atoms with van der Waals surface area (Å²) < 4.78 is 25.7. The summed E-state index contributed by atoms with van der Waals surface area (Å²) in [6.07, 6.45) is 1.31. The maximum Gasteiger partial charge on any atom is 0.178 e. The zero-order chi connectivity index (χ0) is 24.7. The molecule has 0 aliphatic rings. The summed E-state index contributed by atoms with van der Waals surface area (Å²) in [5, 5.41) is 5.67. The number of benzene rings is 3. The summed E-state index contributed by atoms with van der Waals surface area (Å²) in [5.41, 5.74) is 3.85. The molecule has 0 bridgehead atoms. The highest BCUT2D eigenvalue weighted by atomic mass is 35.5. The minimum atomic E-state index is -3.35. The fraction of sp³-hybridized carbons (Fsp3) is 0.296. The average molecular weight is 567 g/mol. The third kappa shape index (κ3) is 6.74. The van der Waals surface area contributed by atoms with Gasteiger partial charge in [-0.05, 0) is 49.2 Å². The van der Waals surface area contributed by atoms with Gasteiger partial charge in [0.25, 0.3) is 0 Å². The summed E-state index contributed by atoms with van der Waals surface area (Å²) in [4.78, 5) is 7.15. The number of aromatic nitrogens is 1. The van der Waals surface area contributed by atoms with E-state index in [1.54, 1.807) is 12.1 Å². The van der Waals surface area contributed by atoms with E-state index in [4.69, 9.17) is 28.2 Å². The van der Waals surface area contributed by atoms with Crippen LogP contribution in [0.5, 0.6) is 0 Å². The van der Waals surface area contributed by atoms with Crippen LogP contribution in [0.4, 0.5) is 11.4 Å². The second-order valence-corrected chi connectivity index (χ2v) is 11.2. The van der Waals surface area contributed by atoms with E-state index in [2.05, 4.69) is 22.3 Å². The van der Waals surface area contributed by atoms with Crippen molar-refractivity contribution in [2.75, 3.05) is 47.4 Å². The van der Waals surface area contributed by atoms with Crippen molar-refractivity contribution in [2.24, 2.45) is 0 Å². The summed E-state index contributed by atoms with van der Waals surface area (Å²) in [6, 6.07) is 23.1. The molecule has 0 atom stereocenters. The lowest BCUT2D eigenvalue weighted by atomic mass is 10.1. The van der Waals surface area contributed by atoms with E-state index in [0.717, 1.165) is 39.6 Å². The molecule has 1 heterocycles. The number of halogens is 3. The lowest BCUT2D eigenvalue weighted by Crippen LogP contribution is -2.27. The van der Waals surface area contributed by atoms with E-state index < -0.39 is 9.84 Å². The van der Waals surface area contributed by atoms with Crippen LogP contribution in [0.25, 0.3) is 21.8 Å². The van der Waals surface area contributed by atoms with Gasteiger partial charge in [-0.2, -0.15) is 0 Å². The molecule has 0 amide bonds. The van der Waals surface area contributed by atoms with Gasteiger partial charge in [0, 0.05) is 47.9 Å². The largest absolute Gasteiger partial charge is 0.384 e. The Morgan fingerprint density at radius 2 is 1.33 bits per heavy atom. The first-order chi connectivity index (χ1) is 17.0. The summed E-state index contributed by atoms with van der Waals surface area (Å²) >= 11 is 11.8. The van der Waals surface area contributed by atoms with E-state index in [0.29, 0.717) is 42.7 Å². The maximum atomic E-state index is 12.9. The molecule has 0 unspecified atom stereocenters. The molecule has 36 heavy (non-hydrogen) atoms. The van der Waals surface area contributed by atoms with Gasteiger partial charge in [0.2, 0.25) is 0 Å². The highest BCUT2D eigenvalue weighted by Gasteiger charge is 2.15. The molecule has 0 aliphatic carbocycles. The lowest BCUT2D eigenvalue weighted by Gasteiger charge is -2.23. The van der Waals surface area contributed by atoms with Crippen LogP contribution in [-0.2, 0) is 9.84 Å². The van der Waals surface area contributed by atoms with E-state index in [-0.39, 0.29) is 18.2 Å². The van der Waals surface area contributed by atoms with Crippen LogP contribution in [-0.4, -0.2) is 50.5 Å². The van der Waals surface area contributed by atoms with E-state index >= 15 is 0 Å². The first-order valence-corrected chi connectivity index (χ1v) is 14.5. The summed E-state index contributed by atoms with van der Waals surface area (Å²) in [6.45, 7) is 2.00. The number of pyridine rings is 1. The second-order valence-electron chi connectivity index (χ2n) is 8.33. The zero-order valence-electron chi connectivity index (χ0n) is 19.9. The first-order valence-electron chi connectivity index (χ1n) is 11.7. The molecule has 0 fully saturated rings. The minimum absolute atomic E-state index is 0. The van der Waals surface area contributed by atoms with Gasteiger partial charge in [0.05, 0.1) is 27.4 Å². The van der Waals surface area contributed by atoms with Gasteiger partial charge in [0.1, 0.15) is 0 Å². The van der Waals surface area contributed by atoms with Gasteiger partial charge in [-0.15, -0.1) is 35.6 Å². The van der Waals surface area contributed by atoms with Crippen LogP contribution in [0.3, 0.4) is 0 Å². The fourth-order valence-electron chi connectivity index (χ4n) is 4.22. The molecule has 1 aromatic heterocycles. The van der Waals surface area contributed by atoms with Gasteiger partial charge < -0.3 is 10.2 Å². The Morgan fingerprint density at radius 1 is 0.778 bits per heavy atom. The van der Waals surface area contributed by atoms with Crippen molar-refractivity contribution in [2.45, 2.75) is 17.7 Å². The van der Waals surface area contributed by atoms with Gasteiger partial charge in [-0.1, -0.05) is 36.4 Å². The SMILES string of the molecule is Cl.O=S(=O)(CCCCNc1c2ccccc2nc2ccccc12)c1ccc(N(CCCl)CCCl)cc1. The molecule has 0 saturated heterocycles. The van der Waals surface area contributed by atoms with Crippen LogP contribution in [0.2, 0.25) is 0 Å². The number of hydrogen-bond donors (Lipinski definition) is 1. The molecule has 0 aliphatic heterocycles. The molecule has 4 aromatic rings. The quantitative estimate of drug-likeness (QED) is 0.117. The number of hydrogen-bond acceptors (Lipinski definition) is 5. The Labute approximate surface area is 229 Å². The molecule has 4 rings (SSSR count). The van der Waals surface area contributed by atoms with Crippen molar-refractivity contribution >= 4 is 78.6 Å². The van der Waals surface area contributed by atoms with Crippen molar-refractivity contribution in [3.05, 3.63) is 72.8 Å². The van der Waals surface area contributed by atoms with E-state index in [1.165, 1.54) is 0 Å². The van der Waals surface area contributed by atoms with Crippen LogP contribution in [0.1, 0.15) is 12.8 Å². The number of sulfone groups is 1. The normalized spacial score (nSPS) is 11.4. The Morgan fingerprint density at radius 3 is 1.89 bits per heavy atom. The van der Waals surface area contributed by atoms with E-state index in [9.17, 15) is 8.42 Å². The number of nitrogens with zero attached hydrogens (tertiary/aromatic N) is 2. The zero-order valence-corrected chi connectivity index (χ0v) is 23.0.